The molecule has 1 fully saturated rings. The van der Waals surface area contributed by atoms with Gasteiger partial charge in [0.15, 0.2) is 0 Å². The number of carbonyl (C=O) groups excluding carboxylic acids is 1. The van der Waals surface area contributed by atoms with Crippen LogP contribution in [0.5, 0.6) is 5.88 Å². The fourth-order valence-electron chi connectivity index (χ4n) is 1.69. The number of nitrogens with zero attached hydrogens (tertiary/aromatic N) is 1. The highest BCUT2D eigenvalue weighted by Crippen LogP contribution is 2.48. The van der Waals surface area contributed by atoms with Crippen LogP contribution in [0.25, 0.3) is 0 Å². The average molecular weight is 227 g/mol. The number of rotatable bonds is 3. The molecule has 15 heavy (non-hydrogen) atoms. The first-order chi connectivity index (χ1) is 7.11. The highest BCUT2D eigenvalue weighted by molar-refractivity contribution is 6.29. The van der Waals surface area contributed by atoms with Gasteiger partial charge in [-0.3, -0.25) is 4.79 Å². The molecular formula is C10H11ClN2O2. The zero-order valence-electron chi connectivity index (χ0n) is 8.24. The van der Waals surface area contributed by atoms with E-state index in [1.165, 1.54) is 7.11 Å². The summed E-state index contributed by atoms with van der Waals surface area (Å²) in [5.41, 5.74) is 6.18. The maximum atomic E-state index is 10.9. The molecule has 0 aromatic carbocycles. The molecule has 2 N–H and O–H groups in total. The summed E-state index contributed by atoms with van der Waals surface area (Å²) in [6.45, 7) is 0. The standard InChI is InChI=1S/C10H11ClN2O2/c1-15-9-3-5(2-8(11)13-9)6-4-7(6)10(12)14/h2-3,6-7H,4H2,1H3,(H2,12,14)/t6-,7+/m1/s1. The van der Waals surface area contributed by atoms with E-state index in [4.69, 9.17) is 22.1 Å². The quantitative estimate of drug-likeness (QED) is 0.791. The van der Waals surface area contributed by atoms with E-state index in [1.54, 1.807) is 12.1 Å². The van der Waals surface area contributed by atoms with Crippen LogP contribution in [0.4, 0.5) is 0 Å². The van der Waals surface area contributed by atoms with Gasteiger partial charge in [0.1, 0.15) is 5.15 Å². The molecule has 0 unspecified atom stereocenters. The number of hydrogen-bond donors (Lipinski definition) is 1. The van der Waals surface area contributed by atoms with Crippen LogP contribution < -0.4 is 10.5 Å². The molecule has 1 heterocycles. The molecule has 0 bridgehead atoms. The minimum Gasteiger partial charge on any atom is -0.481 e. The number of pyridine rings is 1. The van der Waals surface area contributed by atoms with E-state index in [0.29, 0.717) is 11.0 Å². The smallest absolute Gasteiger partial charge is 0.221 e. The first-order valence-corrected chi connectivity index (χ1v) is 5.00. The molecule has 0 aliphatic heterocycles. The van der Waals surface area contributed by atoms with E-state index in [9.17, 15) is 4.79 Å². The van der Waals surface area contributed by atoms with Crippen LogP contribution >= 0.6 is 11.6 Å². The Morgan fingerprint density at radius 3 is 2.93 bits per heavy atom. The minimum absolute atomic E-state index is 0.0619. The van der Waals surface area contributed by atoms with E-state index in [0.717, 1.165) is 12.0 Å². The molecule has 1 saturated carbocycles. The lowest BCUT2D eigenvalue weighted by atomic mass is 10.1. The fraction of sp³-hybridized carbons (Fsp3) is 0.400. The zero-order valence-corrected chi connectivity index (χ0v) is 8.99. The monoisotopic (exact) mass is 226 g/mol. The third kappa shape index (κ3) is 2.04. The number of ether oxygens (including phenoxy) is 1. The molecule has 2 rings (SSSR count). The molecule has 80 valence electrons. The molecule has 1 aromatic rings. The summed E-state index contributed by atoms with van der Waals surface area (Å²) in [5, 5.41) is 0.375. The minimum atomic E-state index is -0.257. The predicted molar refractivity (Wildman–Crippen MR) is 55.8 cm³/mol. The Labute approximate surface area is 92.4 Å². The molecule has 1 amide bonds. The van der Waals surface area contributed by atoms with E-state index in [2.05, 4.69) is 4.98 Å². The molecule has 0 radical (unpaired) electrons. The van der Waals surface area contributed by atoms with Crippen LogP contribution in [0.2, 0.25) is 5.15 Å². The van der Waals surface area contributed by atoms with Gasteiger partial charge in [0.2, 0.25) is 11.8 Å². The molecule has 1 aliphatic carbocycles. The van der Waals surface area contributed by atoms with Crippen molar-refractivity contribution in [2.45, 2.75) is 12.3 Å². The fourth-order valence-corrected chi connectivity index (χ4v) is 1.90. The number of nitrogens with two attached hydrogens (primary N) is 1. The summed E-state index contributed by atoms with van der Waals surface area (Å²) in [4.78, 5) is 14.9. The molecule has 2 atom stereocenters. The van der Waals surface area contributed by atoms with Gasteiger partial charge in [-0.1, -0.05) is 11.6 Å². The summed E-state index contributed by atoms with van der Waals surface area (Å²) in [6, 6.07) is 3.54. The number of hydrogen-bond acceptors (Lipinski definition) is 3. The van der Waals surface area contributed by atoms with E-state index < -0.39 is 0 Å². The summed E-state index contributed by atoms with van der Waals surface area (Å²) >= 11 is 5.82. The number of amides is 1. The Kier molecular flexibility index (Phi) is 2.52. The molecule has 1 aromatic heterocycles. The van der Waals surface area contributed by atoms with Crippen molar-refractivity contribution in [1.29, 1.82) is 0 Å². The Hall–Kier alpha value is -1.29. The predicted octanol–water partition coefficient (Wildman–Crippen LogP) is 1.33. The van der Waals surface area contributed by atoms with Crippen LogP contribution in [-0.2, 0) is 4.79 Å². The highest BCUT2D eigenvalue weighted by atomic mass is 35.5. The lowest BCUT2D eigenvalue weighted by molar-refractivity contribution is -0.119. The van der Waals surface area contributed by atoms with Gasteiger partial charge >= 0.3 is 0 Å². The Balaban J connectivity index is 2.23. The van der Waals surface area contributed by atoms with Crippen LogP contribution in [0, 0.1) is 5.92 Å². The van der Waals surface area contributed by atoms with Gasteiger partial charge in [-0.15, -0.1) is 0 Å². The van der Waals surface area contributed by atoms with E-state index in [-0.39, 0.29) is 17.7 Å². The second kappa shape index (κ2) is 3.70. The first-order valence-electron chi connectivity index (χ1n) is 4.62. The number of carbonyl (C=O) groups is 1. The van der Waals surface area contributed by atoms with E-state index >= 15 is 0 Å². The van der Waals surface area contributed by atoms with Gasteiger partial charge in [0.05, 0.1) is 7.11 Å². The van der Waals surface area contributed by atoms with Crippen molar-refractivity contribution in [1.82, 2.24) is 4.98 Å². The van der Waals surface area contributed by atoms with Crippen molar-refractivity contribution in [3.05, 3.63) is 22.8 Å². The largest absolute Gasteiger partial charge is 0.481 e. The summed E-state index contributed by atoms with van der Waals surface area (Å²) in [5.74, 6) is 0.324. The van der Waals surface area contributed by atoms with Gasteiger partial charge in [0, 0.05) is 12.0 Å². The number of primary amides is 1. The summed E-state index contributed by atoms with van der Waals surface area (Å²) < 4.78 is 5.00. The van der Waals surface area contributed by atoms with Crippen molar-refractivity contribution in [3.8, 4) is 5.88 Å². The number of methoxy groups -OCH3 is 1. The van der Waals surface area contributed by atoms with Crippen LogP contribution in [0.1, 0.15) is 17.9 Å². The summed E-state index contributed by atoms with van der Waals surface area (Å²) in [6.07, 6.45) is 0.791. The van der Waals surface area contributed by atoms with Crippen LogP contribution in [0.15, 0.2) is 12.1 Å². The zero-order chi connectivity index (χ0) is 11.0. The van der Waals surface area contributed by atoms with Gasteiger partial charge in [-0.2, -0.15) is 0 Å². The maximum absolute atomic E-state index is 10.9. The molecule has 5 heteroatoms. The lowest BCUT2D eigenvalue weighted by Crippen LogP contribution is -2.13. The van der Waals surface area contributed by atoms with Crippen molar-refractivity contribution >= 4 is 17.5 Å². The van der Waals surface area contributed by atoms with Gasteiger partial charge in [0.25, 0.3) is 0 Å². The van der Waals surface area contributed by atoms with Gasteiger partial charge < -0.3 is 10.5 Å². The van der Waals surface area contributed by atoms with Crippen LogP contribution in [-0.4, -0.2) is 18.0 Å². The first kappa shape index (κ1) is 10.2. The topological polar surface area (TPSA) is 65.2 Å². The number of aromatic nitrogens is 1. The maximum Gasteiger partial charge on any atom is 0.221 e. The van der Waals surface area contributed by atoms with Gasteiger partial charge in [-0.05, 0) is 24.0 Å². The Morgan fingerprint density at radius 1 is 1.67 bits per heavy atom. The average Bonchev–Trinajstić information content (AvgIpc) is 2.96. The normalized spacial score (nSPS) is 23.6. The van der Waals surface area contributed by atoms with Crippen molar-refractivity contribution in [2.24, 2.45) is 11.7 Å². The molecule has 0 spiro atoms. The lowest BCUT2D eigenvalue weighted by Gasteiger charge is -2.03. The second-order valence-electron chi connectivity index (χ2n) is 3.62. The van der Waals surface area contributed by atoms with Crippen molar-refractivity contribution in [3.63, 3.8) is 0 Å². The Bertz CT molecular complexity index is 408. The van der Waals surface area contributed by atoms with Crippen LogP contribution in [0.3, 0.4) is 0 Å². The van der Waals surface area contributed by atoms with Crippen molar-refractivity contribution < 1.29 is 9.53 Å². The molecular weight excluding hydrogens is 216 g/mol. The molecule has 1 aliphatic rings. The molecule has 0 saturated heterocycles. The highest BCUT2D eigenvalue weighted by Gasteiger charge is 2.43. The third-order valence-corrected chi connectivity index (χ3v) is 2.78. The molecule has 4 nitrogen and oxygen atoms in total. The van der Waals surface area contributed by atoms with E-state index in [1.807, 2.05) is 0 Å². The third-order valence-electron chi connectivity index (χ3n) is 2.59. The SMILES string of the molecule is COc1cc([C@H]2C[C@@H]2C(N)=O)cc(Cl)n1. The number of halogens is 1. The second-order valence-corrected chi connectivity index (χ2v) is 4.00. The van der Waals surface area contributed by atoms with Gasteiger partial charge in [-0.25, -0.2) is 4.98 Å². The Morgan fingerprint density at radius 2 is 2.40 bits per heavy atom. The summed E-state index contributed by atoms with van der Waals surface area (Å²) in [7, 11) is 1.53. The van der Waals surface area contributed by atoms with Crippen molar-refractivity contribution in [2.75, 3.05) is 7.11 Å².